The van der Waals surface area contributed by atoms with Crippen LogP contribution in [0.25, 0.3) is 44.2 Å². The van der Waals surface area contributed by atoms with Gasteiger partial charge in [0.1, 0.15) is 36.1 Å². The Morgan fingerprint density at radius 2 is 1.45 bits per heavy atom. The number of ether oxygens (including phenoxy) is 3. The van der Waals surface area contributed by atoms with E-state index in [1.54, 1.807) is 0 Å². The van der Waals surface area contributed by atoms with Crippen LogP contribution in [-0.4, -0.2) is 93.1 Å². The smallest absolute Gasteiger partial charge is 0.407 e. The van der Waals surface area contributed by atoms with E-state index in [9.17, 15) is 19.2 Å². The van der Waals surface area contributed by atoms with Crippen LogP contribution < -0.4 is 15.4 Å². The largest absolute Gasteiger partial charge is 0.488 e. The van der Waals surface area contributed by atoms with E-state index in [0.29, 0.717) is 25.5 Å². The highest BCUT2D eigenvalue weighted by Crippen LogP contribution is 2.43. The van der Waals surface area contributed by atoms with Crippen LogP contribution in [0.2, 0.25) is 0 Å². The highest BCUT2D eigenvalue weighted by atomic mass is 16.5. The Bertz CT molecular complexity index is 2440. The Morgan fingerprint density at radius 1 is 0.817 bits per heavy atom. The molecular weight excluding hydrogens is 765 g/mol. The highest BCUT2D eigenvalue weighted by Gasteiger charge is 2.40. The summed E-state index contributed by atoms with van der Waals surface area (Å²) < 4.78 is 16.1. The van der Waals surface area contributed by atoms with Gasteiger partial charge in [-0.25, -0.2) is 19.6 Å². The molecule has 6 atom stereocenters. The second-order valence-electron chi connectivity index (χ2n) is 16.4. The lowest BCUT2D eigenvalue weighted by Gasteiger charge is -2.30. The van der Waals surface area contributed by atoms with Gasteiger partial charge in [-0.1, -0.05) is 58.7 Å². The first-order valence-electron chi connectivity index (χ1n) is 21.1. The van der Waals surface area contributed by atoms with E-state index >= 15 is 0 Å². The fraction of sp³-hybridized carbons (Fsp3) is 0.467. The SMILES string of the molecule is CC[C@H](C)[C@H](NC(=O)OC)C(=O)N1CCC[C@H]1c1ncc(-c2ccc3c(c2)COc2cc4c(ccc5[nH]c([C@@H]6CCCN6C(=O)[C@@H](NC(=O)OC)[C@@H](C)CC)nc54)cc2-3)[nH]1. The van der Waals surface area contributed by atoms with Crippen molar-refractivity contribution in [1.82, 2.24) is 40.4 Å². The molecule has 2 saturated heterocycles. The third kappa shape index (κ3) is 7.49. The number of alkyl carbamates (subject to hydrolysis) is 2. The number of aromatic amines is 2. The van der Waals surface area contributed by atoms with Gasteiger partial charge in [0, 0.05) is 24.0 Å². The number of nitrogens with one attached hydrogen (secondary N) is 4. The first-order valence-corrected chi connectivity index (χ1v) is 21.1. The summed E-state index contributed by atoms with van der Waals surface area (Å²) in [5, 5.41) is 7.50. The van der Waals surface area contributed by atoms with Gasteiger partial charge in [-0.3, -0.25) is 9.59 Å². The number of amides is 4. The van der Waals surface area contributed by atoms with Crippen molar-refractivity contribution in [2.24, 2.45) is 11.8 Å². The summed E-state index contributed by atoms with van der Waals surface area (Å²) in [4.78, 5) is 72.5. The van der Waals surface area contributed by atoms with Gasteiger partial charge in [-0.2, -0.15) is 0 Å². The van der Waals surface area contributed by atoms with Crippen LogP contribution in [0.1, 0.15) is 95.5 Å². The van der Waals surface area contributed by atoms with Crippen LogP contribution in [0.5, 0.6) is 5.75 Å². The average molecular weight is 819 g/mol. The molecule has 316 valence electrons. The van der Waals surface area contributed by atoms with Gasteiger partial charge in [0.15, 0.2) is 0 Å². The average Bonchev–Trinajstić information content (AvgIpc) is 4.12. The summed E-state index contributed by atoms with van der Waals surface area (Å²) >= 11 is 0. The summed E-state index contributed by atoms with van der Waals surface area (Å²) in [6.45, 7) is 9.47. The lowest BCUT2D eigenvalue weighted by Crippen LogP contribution is -2.51. The quantitative estimate of drug-likeness (QED) is 0.105. The maximum atomic E-state index is 13.9. The Morgan fingerprint density at radius 3 is 2.07 bits per heavy atom. The Kier molecular flexibility index (Phi) is 11.4. The van der Waals surface area contributed by atoms with Crippen LogP contribution in [0.3, 0.4) is 0 Å². The monoisotopic (exact) mass is 818 g/mol. The molecule has 0 spiro atoms. The maximum Gasteiger partial charge on any atom is 0.407 e. The molecule has 15 heteroatoms. The molecule has 15 nitrogen and oxygen atoms in total. The second kappa shape index (κ2) is 16.9. The molecule has 0 saturated carbocycles. The zero-order valence-electron chi connectivity index (χ0n) is 35.1. The molecule has 8 rings (SSSR count). The summed E-state index contributed by atoms with van der Waals surface area (Å²) in [7, 11) is 2.60. The van der Waals surface area contributed by atoms with E-state index < -0.39 is 24.3 Å². The molecule has 3 aromatic carbocycles. The molecule has 5 heterocycles. The molecule has 4 amide bonds. The Balaban J connectivity index is 1.03. The third-order valence-electron chi connectivity index (χ3n) is 12.9. The van der Waals surface area contributed by atoms with Gasteiger partial charge < -0.3 is 44.6 Å². The number of hydrogen-bond donors (Lipinski definition) is 4. The van der Waals surface area contributed by atoms with Gasteiger partial charge in [-0.05, 0) is 83.9 Å². The molecule has 0 aliphatic carbocycles. The number of hydrogen-bond acceptors (Lipinski definition) is 9. The molecule has 3 aliphatic rings. The van der Waals surface area contributed by atoms with Crippen LogP contribution in [0.15, 0.2) is 48.7 Å². The fourth-order valence-electron chi connectivity index (χ4n) is 9.01. The van der Waals surface area contributed by atoms with Gasteiger partial charge in [0.2, 0.25) is 11.8 Å². The normalized spacial score (nSPS) is 19.2. The van der Waals surface area contributed by atoms with E-state index in [4.69, 9.17) is 24.2 Å². The standard InChI is InChI=1S/C45H54N8O7/c1-7-24(3)37(50-44(56)58-5)42(54)52-17-9-11-34(52)40-46-22-33(48-40)27-13-15-29-28(19-27)23-60-36-21-30-26(20-31(29)36)14-16-32-39(30)49-41(47-32)35-12-10-18-53(35)43(55)38(25(4)8-2)51-45(57)59-6/h13-16,19-22,24-25,34-35,37-38H,7-12,17-18,23H2,1-6H3,(H,46,48)(H,47,49)(H,50,56)(H,51,57)/t24-,25-,34-,35-,37-,38-/m0/s1. The van der Waals surface area contributed by atoms with Crippen LogP contribution in [0.4, 0.5) is 9.59 Å². The molecule has 2 aromatic heterocycles. The summed E-state index contributed by atoms with van der Waals surface area (Å²) in [6, 6.07) is 12.8. The minimum atomic E-state index is -0.695. The number of imidazole rings is 2. The van der Waals surface area contributed by atoms with E-state index in [1.165, 1.54) is 14.2 Å². The minimum absolute atomic E-state index is 0.0655. The van der Waals surface area contributed by atoms with Crippen LogP contribution in [0, 0.1) is 11.8 Å². The number of benzene rings is 3. The van der Waals surface area contributed by atoms with E-state index in [0.717, 1.165) is 99.9 Å². The molecule has 5 aromatic rings. The molecule has 4 N–H and O–H groups in total. The molecule has 2 fully saturated rings. The van der Waals surface area contributed by atoms with Crippen LogP contribution in [-0.2, 0) is 25.7 Å². The van der Waals surface area contributed by atoms with Crippen molar-refractivity contribution in [3.8, 4) is 28.1 Å². The number of aromatic nitrogens is 4. The zero-order valence-corrected chi connectivity index (χ0v) is 35.1. The third-order valence-corrected chi connectivity index (χ3v) is 12.9. The summed E-state index contributed by atoms with van der Waals surface area (Å²) in [6.07, 6.45) is 5.24. The molecule has 0 bridgehead atoms. The van der Waals surface area contributed by atoms with Crippen molar-refractivity contribution >= 4 is 45.8 Å². The minimum Gasteiger partial charge on any atom is -0.488 e. The molecular formula is C45H54N8O7. The number of likely N-dealkylation sites (tertiary alicyclic amines) is 2. The number of methoxy groups -OCH3 is 2. The molecule has 0 unspecified atom stereocenters. The highest BCUT2D eigenvalue weighted by molar-refractivity contribution is 6.07. The predicted molar refractivity (Wildman–Crippen MR) is 226 cm³/mol. The zero-order chi connectivity index (χ0) is 42.2. The first kappa shape index (κ1) is 40.7. The van der Waals surface area contributed by atoms with Crippen molar-refractivity contribution in [2.45, 2.75) is 97.0 Å². The number of H-pyrrole nitrogens is 2. The van der Waals surface area contributed by atoms with Gasteiger partial charge in [0.05, 0.1) is 49.2 Å². The van der Waals surface area contributed by atoms with Crippen molar-refractivity contribution in [3.05, 3.63) is 65.9 Å². The number of carbonyl (C=O) groups excluding carboxylic acids is 4. The van der Waals surface area contributed by atoms with Crippen LogP contribution >= 0.6 is 0 Å². The van der Waals surface area contributed by atoms with E-state index in [1.807, 2.05) is 49.8 Å². The van der Waals surface area contributed by atoms with Gasteiger partial charge >= 0.3 is 12.2 Å². The summed E-state index contributed by atoms with van der Waals surface area (Å²) in [5.74, 6) is 1.82. The molecule has 3 aliphatic heterocycles. The Hall–Kier alpha value is -6.12. The topological polar surface area (TPSA) is 184 Å². The first-order chi connectivity index (χ1) is 29.0. The number of fused-ring (bicyclic) bond motifs is 6. The van der Waals surface area contributed by atoms with E-state index in [-0.39, 0.29) is 35.7 Å². The summed E-state index contributed by atoms with van der Waals surface area (Å²) in [5.41, 5.74) is 6.62. The number of nitrogens with zero attached hydrogens (tertiary/aromatic N) is 4. The second-order valence-corrected chi connectivity index (χ2v) is 16.4. The molecule has 0 radical (unpaired) electrons. The Labute approximate surface area is 348 Å². The fourth-order valence-corrected chi connectivity index (χ4v) is 9.01. The van der Waals surface area contributed by atoms with Crippen molar-refractivity contribution in [2.75, 3.05) is 27.3 Å². The van der Waals surface area contributed by atoms with Crippen molar-refractivity contribution < 1.29 is 33.4 Å². The van der Waals surface area contributed by atoms with Crippen molar-refractivity contribution in [3.63, 3.8) is 0 Å². The predicted octanol–water partition coefficient (Wildman–Crippen LogP) is 7.53. The number of rotatable bonds is 11. The van der Waals surface area contributed by atoms with E-state index in [2.05, 4.69) is 57.0 Å². The lowest BCUT2D eigenvalue weighted by atomic mass is 9.92. The van der Waals surface area contributed by atoms with Gasteiger partial charge in [-0.15, -0.1) is 0 Å². The maximum absolute atomic E-state index is 13.9. The number of carbonyl (C=O) groups is 4. The van der Waals surface area contributed by atoms with Gasteiger partial charge in [0.25, 0.3) is 0 Å². The van der Waals surface area contributed by atoms with Crippen molar-refractivity contribution in [1.29, 1.82) is 0 Å². The lowest BCUT2D eigenvalue weighted by molar-refractivity contribution is -0.136. The molecule has 60 heavy (non-hydrogen) atoms.